The van der Waals surface area contributed by atoms with Crippen molar-refractivity contribution in [3.05, 3.63) is 40.4 Å². The van der Waals surface area contributed by atoms with E-state index < -0.39 is 18.5 Å². The number of nitrogens with one attached hydrogen (secondary N) is 5. The number of carbonyl (C=O) groups excluding carboxylic acids is 4. The molecule has 0 aliphatic heterocycles. The molecule has 0 aliphatic rings. The highest BCUT2D eigenvalue weighted by Crippen LogP contribution is 2.24. The molecule has 2 rings (SSSR count). The number of aryl methyl sites for hydroxylation is 2. The quantitative estimate of drug-likeness (QED) is 0.296. The van der Waals surface area contributed by atoms with Crippen LogP contribution in [-0.4, -0.2) is 42.3 Å². The molecule has 2 aromatic rings. The zero-order valence-corrected chi connectivity index (χ0v) is 17.4. The Kier molecular flexibility index (Phi) is 8.14. The Bertz CT molecular complexity index is 945. The number of carbonyl (C=O) groups is 4. The van der Waals surface area contributed by atoms with Crippen molar-refractivity contribution in [1.82, 2.24) is 20.9 Å². The molecular formula is C18H20N6O6S-2. The van der Waals surface area contributed by atoms with Gasteiger partial charge in [0, 0.05) is 19.7 Å². The second-order valence-electron chi connectivity index (χ2n) is 6.19. The molecule has 0 spiro atoms. The van der Waals surface area contributed by atoms with Gasteiger partial charge in [0.1, 0.15) is 17.1 Å². The highest BCUT2D eigenvalue weighted by atomic mass is 32.1. The lowest BCUT2D eigenvalue weighted by atomic mass is 10.1. The van der Waals surface area contributed by atoms with E-state index in [9.17, 15) is 29.4 Å². The molecule has 5 N–H and O–H groups in total. The van der Waals surface area contributed by atoms with Crippen molar-refractivity contribution in [2.45, 2.75) is 26.1 Å². The molecule has 0 bridgehead atoms. The fourth-order valence-electron chi connectivity index (χ4n) is 2.56. The van der Waals surface area contributed by atoms with Crippen molar-refractivity contribution >= 4 is 46.2 Å². The summed E-state index contributed by atoms with van der Waals surface area (Å²) in [6.07, 6.45) is -3.72. The highest BCUT2D eigenvalue weighted by Gasteiger charge is 2.17. The van der Waals surface area contributed by atoms with Gasteiger partial charge in [0.15, 0.2) is 11.4 Å². The zero-order chi connectivity index (χ0) is 23.0. The van der Waals surface area contributed by atoms with Crippen molar-refractivity contribution in [3.8, 4) is 0 Å². The first-order chi connectivity index (χ1) is 14.7. The Morgan fingerprint density at radius 2 is 1.65 bits per heavy atom. The molecule has 0 unspecified atom stereocenters. The topological polar surface area (TPSA) is 187 Å². The largest absolute Gasteiger partial charge is 0.530 e. The molecule has 1 aromatic heterocycles. The summed E-state index contributed by atoms with van der Waals surface area (Å²) in [4.78, 5) is 49.3. The third-order valence-corrected chi connectivity index (χ3v) is 4.87. The Morgan fingerprint density at radius 1 is 1.03 bits per heavy atom. The average molecular weight is 448 g/mol. The molecule has 0 radical (unpaired) electrons. The Morgan fingerprint density at radius 3 is 2.16 bits per heavy atom. The SMILES string of the molecule is CNC(=O)c1sc(NC(C)=O)nc1CCc1ccc(NC(NC(=O)[O-])NC(=O)[O-])cc1. The molecule has 13 heteroatoms. The number of benzene rings is 1. The third-order valence-electron chi connectivity index (χ3n) is 3.85. The van der Waals surface area contributed by atoms with Crippen molar-refractivity contribution < 1.29 is 29.4 Å². The first-order valence-electron chi connectivity index (χ1n) is 8.97. The van der Waals surface area contributed by atoms with E-state index in [0.717, 1.165) is 16.9 Å². The van der Waals surface area contributed by atoms with Gasteiger partial charge in [-0.3, -0.25) is 9.59 Å². The minimum absolute atomic E-state index is 0.286. The number of nitrogens with zero attached hydrogens (tertiary/aromatic N) is 1. The van der Waals surface area contributed by atoms with Crippen LogP contribution < -0.4 is 36.8 Å². The second kappa shape index (κ2) is 10.8. The minimum atomic E-state index is -1.67. The average Bonchev–Trinajstić information content (AvgIpc) is 3.07. The third kappa shape index (κ3) is 7.47. The zero-order valence-electron chi connectivity index (χ0n) is 16.6. The molecule has 0 fully saturated rings. The summed E-state index contributed by atoms with van der Waals surface area (Å²) in [6, 6.07) is 6.75. The molecular weight excluding hydrogens is 428 g/mol. The Labute approximate surface area is 181 Å². The lowest BCUT2D eigenvalue weighted by Crippen LogP contribution is -2.58. The summed E-state index contributed by atoms with van der Waals surface area (Å²) in [5.41, 5.74) is 1.87. The Balaban J connectivity index is 2.05. The summed E-state index contributed by atoms with van der Waals surface area (Å²) in [5, 5.41) is 33.1. The van der Waals surface area contributed by atoms with Gasteiger partial charge in [-0.15, -0.1) is 0 Å². The fourth-order valence-corrected chi connectivity index (χ4v) is 3.56. The molecule has 0 atom stereocenters. The predicted molar refractivity (Wildman–Crippen MR) is 108 cm³/mol. The fraction of sp³-hybridized carbons (Fsp3) is 0.278. The van der Waals surface area contributed by atoms with Crippen molar-refractivity contribution in [3.63, 3.8) is 0 Å². The van der Waals surface area contributed by atoms with Gasteiger partial charge in [0.25, 0.3) is 5.91 Å². The number of anilines is 2. The maximum Gasteiger partial charge on any atom is 0.263 e. The van der Waals surface area contributed by atoms with Gasteiger partial charge in [-0.05, 0) is 30.5 Å². The van der Waals surface area contributed by atoms with E-state index in [1.54, 1.807) is 24.3 Å². The number of hydrogen-bond acceptors (Lipinski definition) is 9. The number of aromatic nitrogens is 1. The molecule has 0 saturated carbocycles. The molecule has 4 amide bonds. The molecule has 31 heavy (non-hydrogen) atoms. The van der Waals surface area contributed by atoms with Crippen LogP contribution in [0.3, 0.4) is 0 Å². The highest BCUT2D eigenvalue weighted by molar-refractivity contribution is 7.17. The summed E-state index contributed by atoms with van der Waals surface area (Å²) in [6.45, 7) is 1.35. The number of amides is 4. The number of thiazole rings is 1. The molecule has 166 valence electrons. The first-order valence-corrected chi connectivity index (χ1v) is 9.79. The van der Waals surface area contributed by atoms with E-state index >= 15 is 0 Å². The van der Waals surface area contributed by atoms with Crippen LogP contribution in [0.2, 0.25) is 0 Å². The van der Waals surface area contributed by atoms with E-state index in [1.807, 2.05) is 10.6 Å². The van der Waals surface area contributed by atoms with Gasteiger partial charge >= 0.3 is 0 Å². The predicted octanol–water partition coefficient (Wildman–Crippen LogP) is -1.19. The molecule has 1 aromatic carbocycles. The van der Waals surface area contributed by atoms with Crippen LogP contribution in [-0.2, 0) is 17.6 Å². The van der Waals surface area contributed by atoms with E-state index in [1.165, 1.54) is 14.0 Å². The summed E-state index contributed by atoms with van der Waals surface area (Å²) in [7, 11) is 1.51. The monoisotopic (exact) mass is 448 g/mol. The van der Waals surface area contributed by atoms with Gasteiger partial charge in [-0.1, -0.05) is 23.5 Å². The standard InChI is InChI=1S/C18H22N6O6S/c1-9(25)20-16-22-12(13(31-16)14(26)19-2)8-5-10-3-6-11(7-4-10)21-15(23-17(27)28)24-18(29)30/h3-4,6-7,15,21,23-24H,5,8H2,1-2H3,(H,19,26)(H,27,28)(H,29,30)(H,20,22,25)/p-2. The van der Waals surface area contributed by atoms with E-state index in [4.69, 9.17) is 0 Å². The van der Waals surface area contributed by atoms with E-state index in [0.29, 0.717) is 34.2 Å². The van der Waals surface area contributed by atoms with E-state index in [2.05, 4.69) is 20.9 Å². The smallest absolute Gasteiger partial charge is 0.263 e. The first kappa shape index (κ1) is 23.4. The maximum atomic E-state index is 12.1. The molecule has 1 heterocycles. The summed E-state index contributed by atoms with van der Waals surface area (Å²) >= 11 is 1.09. The van der Waals surface area contributed by atoms with Crippen LogP contribution in [0, 0.1) is 0 Å². The van der Waals surface area contributed by atoms with Crippen LogP contribution in [0.25, 0.3) is 0 Å². The van der Waals surface area contributed by atoms with Gasteiger partial charge in [0.2, 0.25) is 5.91 Å². The number of carboxylic acid groups (broad SMARTS) is 2. The van der Waals surface area contributed by atoms with E-state index in [-0.39, 0.29) is 11.8 Å². The van der Waals surface area contributed by atoms with Crippen molar-refractivity contribution in [2.75, 3.05) is 17.7 Å². The molecule has 12 nitrogen and oxygen atoms in total. The Hall–Kier alpha value is -3.87. The van der Waals surface area contributed by atoms with Crippen LogP contribution in [0.15, 0.2) is 24.3 Å². The summed E-state index contributed by atoms with van der Waals surface area (Å²) in [5.74, 6) is -0.581. The van der Waals surface area contributed by atoms with Gasteiger partial charge in [0.05, 0.1) is 5.69 Å². The van der Waals surface area contributed by atoms with Crippen molar-refractivity contribution in [2.24, 2.45) is 0 Å². The van der Waals surface area contributed by atoms with Crippen LogP contribution in [0.1, 0.15) is 27.9 Å². The normalized spacial score (nSPS) is 10.3. The minimum Gasteiger partial charge on any atom is -0.530 e. The number of rotatable bonds is 9. The van der Waals surface area contributed by atoms with Gasteiger partial charge in [-0.25, -0.2) is 4.98 Å². The lowest BCUT2D eigenvalue weighted by Gasteiger charge is -2.24. The lowest BCUT2D eigenvalue weighted by molar-refractivity contribution is -0.255. The van der Waals surface area contributed by atoms with Crippen LogP contribution in [0.5, 0.6) is 0 Å². The van der Waals surface area contributed by atoms with Gasteiger partial charge in [-0.2, -0.15) is 0 Å². The van der Waals surface area contributed by atoms with Crippen molar-refractivity contribution in [1.29, 1.82) is 0 Å². The van der Waals surface area contributed by atoms with Gasteiger partial charge < -0.3 is 46.4 Å². The number of hydrogen-bond donors (Lipinski definition) is 5. The molecule has 0 aliphatic carbocycles. The van der Waals surface area contributed by atoms with Crippen LogP contribution in [0.4, 0.5) is 20.4 Å². The van der Waals surface area contributed by atoms with Crippen LogP contribution >= 0.6 is 11.3 Å². The summed E-state index contributed by atoms with van der Waals surface area (Å²) < 4.78 is 0. The second-order valence-corrected chi connectivity index (χ2v) is 7.19. The maximum absolute atomic E-state index is 12.1. The molecule has 0 saturated heterocycles.